The minimum Gasteiger partial charge on any atom is -0.378 e. The van der Waals surface area contributed by atoms with Gasteiger partial charge in [0.25, 0.3) is 0 Å². The van der Waals surface area contributed by atoms with Gasteiger partial charge in [0, 0.05) is 19.2 Å². The molecule has 16 heavy (non-hydrogen) atoms. The SMILES string of the molecule is CCNC1CCN(CC2CCOC2C)CC1. The van der Waals surface area contributed by atoms with E-state index in [0.717, 1.165) is 25.1 Å². The Bertz CT molecular complexity index is 202. The topological polar surface area (TPSA) is 24.5 Å². The van der Waals surface area contributed by atoms with Gasteiger partial charge in [-0.25, -0.2) is 0 Å². The summed E-state index contributed by atoms with van der Waals surface area (Å²) in [5.74, 6) is 0.774. The maximum absolute atomic E-state index is 5.63. The zero-order valence-corrected chi connectivity index (χ0v) is 10.7. The van der Waals surface area contributed by atoms with Crippen molar-refractivity contribution < 1.29 is 4.74 Å². The highest BCUT2D eigenvalue weighted by molar-refractivity contribution is 4.81. The Labute approximate surface area is 99.5 Å². The van der Waals surface area contributed by atoms with E-state index in [1.807, 2.05) is 0 Å². The van der Waals surface area contributed by atoms with Gasteiger partial charge in [-0.15, -0.1) is 0 Å². The summed E-state index contributed by atoms with van der Waals surface area (Å²) in [5, 5.41) is 3.56. The summed E-state index contributed by atoms with van der Waals surface area (Å²) in [7, 11) is 0. The van der Waals surface area contributed by atoms with Crippen LogP contribution in [0.25, 0.3) is 0 Å². The van der Waals surface area contributed by atoms with Gasteiger partial charge >= 0.3 is 0 Å². The molecule has 2 atom stereocenters. The van der Waals surface area contributed by atoms with Crippen LogP contribution in [0.2, 0.25) is 0 Å². The van der Waals surface area contributed by atoms with Crippen LogP contribution in [-0.2, 0) is 4.74 Å². The number of ether oxygens (including phenoxy) is 1. The van der Waals surface area contributed by atoms with Gasteiger partial charge in [-0.2, -0.15) is 0 Å². The van der Waals surface area contributed by atoms with Crippen molar-refractivity contribution in [3.05, 3.63) is 0 Å². The van der Waals surface area contributed by atoms with E-state index in [2.05, 4.69) is 24.1 Å². The predicted molar refractivity (Wildman–Crippen MR) is 66.7 cm³/mol. The third kappa shape index (κ3) is 3.19. The molecule has 0 spiro atoms. The summed E-state index contributed by atoms with van der Waals surface area (Å²) in [5.41, 5.74) is 0. The highest BCUT2D eigenvalue weighted by Gasteiger charge is 2.27. The van der Waals surface area contributed by atoms with Crippen molar-refractivity contribution in [3.63, 3.8) is 0 Å². The van der Waals surface area contributed by atoms with Crippen LogP contribution in [0.5, 0.6) is 0 Å². The van der Waals surface area contributed by atoms with Crippen LogP contribution >= 0.6 is 0 Å². The lowest BCUT2D eigenvalue weighted by atomic mass is 9.99. The summed E-state index contributed by atoms with van der Waals surface area (Å²) in [6.45, 7) is 10.3. The van der Waals surface area contributed by atoms with Gasteiger partial charge < -0.3 is 15.0 Å². The van der Waals surface area contributed by atoms with Crippen molar-refractivity contribution in [3.8, 4) is 0 Å². The second-order valence-electron chi connectivity index (χ2n) is 5.26. The third-order valence-corrected chi connectivity index (χ3v) is 4.11. The van der Waals surface area contributed by atoms with Crippen molar-refractivity contribution in [2.24, 2.45) is 5.92 Å². The van der Waals surface area contributed by atoms with Gasteiger partial charge in [0.05, 0.1) is 6.10 Å². The molecule has 2 fully saturated rings. The molecule has 0 radical (unpaired) electrons. The Morgan fingerprint density at radius 1 is 1.25 bits per heavy atom. The van der Waals surface area contributed by atoms with Gasteiger partial charge in [-0.3, -0.25) is 0 Å². The molecular weight excluding hydrogens is 200 g/mol. The fourth-order valence-corrected chi connectivity index (χ4v) is 2.96. The highest BCUT2D eigenvalue weighted by atomic mass is 16.5. The normalized spacial score (nSPS) is 33.4. The molecule has 2 aliphatic rings. The molecule has 1 N–H and O–H groups in total. The Balaban J connectivity index is 1.68. The number of nitrogens with zero attached hydrogens (tertiary/aromatic N) is 1. The van der Waals surface area contributed by atoms with E-state index in [0.29, 0.717) is 6.10 Å². The van der Waals surface area contributed by atoms with Gasteiger partial charge in [0.1, 0.15) is 0 Å². The molecule has 0 bridgehead atoms. The van der Waals surface area contributed by atoms with Crippen LogP contribution in [0, 0.1) is 5.92 Å². The lowest BCUT2D eigenvalue weighted by Crippen LogP contribution is -2.44. The quantitative estimate of drug-likeness (QED) is 0.786. The number of hydrogen-bond acceptors (Lipinski definition) is 3. The molecule has 0 aliphatic carbocycles. The first-order valence-corrected chi connectivity index (χ1v) is 6.87. The Hall–Kier alpha value is -0.120. The van der Waals surface area contributed by atoms with E-state index in [1.54, 1.807) is 0 Å². The summed E-state index contributed by atoms with van der Waals surface area (Å²) in [6.07, 6.45) is 4.37. The second-order valence-corrected chi connectivity index (χ2v) is 5.26. The Kier molecular flexibility index (Phi) is 4.62. The van der Waals surface area contributed by atoms with Crippen molar-refractivity contribution in [1.82, 2.24) is 10.2 Å². The number of hydrogen-bond donors (Lipinski definition) is 1. The average Bonchev–Trinajstić information content (AvgIpc) is 2.68. The van der Waals surface area contributed by atoms with Crippen LogP contribution in [-0.4, -0.2) is 49.8 Å². The second kappa shape index (κ2) is 5.99. The standard InChI is InChI=1S/C13H26N2O/c1-3-14-13-4-7-15(8-5-13)10-12-6-9-16-11(12)2/h11-14H,3-10H2,1-2H3. The van der Waals surface area contributed by atoms with Crippen LogP contribution in [0.4, 0.5) is 0 Å². The summed E-state index contributed by atoms with van der Waals surface area (Å²) >= 11 is 0. The Morgan fingerprint density at radius 3 is 2.56 bits per heavy atom. The molecule has 2 unspecified atom stereocenters. The first kappa shape index (κ1) is 12.3. The smallest absolute Gasteiger partial charge is 0.0588 e. The van der Waals surface area contributed by atoms with Crippen LogP contribution in [0.15, 0.2) is 0 Å². The largest absolute Gasteiger partial charge is 0.378 e. The summed E-state index contributed by atoms with van der Waals surface area (Å²) in [4.78, 5) is 2.63. The molecule has 2 heterocycles. The maximum atomic E-state index is 5.63. The van der Waals surface area contributed by atoms with E-state index in [4.69, 9.17) is 4.74 Å². The lowest BCUT2D eigenvalue weighted by Gasteiger charge is -2.34. The monoisotopic (exact) mass is 226 g/mol. The molecule has 94 valence electrons. The van der Waals surface area contributed by atoms with E-state index >= 15 is 0 Å². The van der Waals surface area contributed by atoms with Gasteiger partial charge in [-0.05, 0) is 51.7 Å². The number of piperidine rings is 1. The van der Waals surface area contributed by atoms with E-state index < -0.39 is 0 Å². The lowest BCUT2D eigenvalue weighted by molar-refractivity contribution is 0.0864. The first-order chi connectivity index (χ1) is 7.79. The zero-order chi connectivity index (χ0) is 11.4. The van der Waals surface area contributed by atoms with E-state index in [1.165, 1.54) is 38.9 Å². The minimum atomic E-state index is 0.478. The molecule has 2 rings (SSSR count). The summed E-state index contributed by atoms with van der Waals surface area (Å²) < 4.78 is 5.63. The summed E-state index contributed by atoms with van der Waals surface area (Å²) in [6, 6.07) is 0.763. The molecule has 2 aliphatic heterocycles. The number of nitrogens with one attached hydrogen (secondary N) is 1. The predicted octanol–water partition coefficient (Wildman–Crippen LogP) is 1.49. The number of likely N-dealkylation sites (tertiary alicyclic amines) is 1. The molecular formula is C13H26N2O. The van der Waals surface area contributed by atoms with Crippen LogP contribution < -0.4 is 5.32 Å². The van der Waals surface area contributed by atoms with Gasteiger partial charge in [0.15, 0.2) is 0 Å². The molecule has 3 heteroatoms. The maximum Gasteiger partial charge on any atom is 0.0588 e. The first-order valence-electron chi connectivity index (χ1n) is 6.87. The van der Waals surface area contributed by atoms with Crippen molar-refractivity contribution in [2.75, 3.05) is 32.8 Å². The van der Waals surface area contributed by atoms with Crippen LogP contribution in [0.1, 0.15) is 33.1 Å². The fourth-order valence-electron chi connectivity index (χ4n) is 2.96. The molecule has 3 nitrogen and oxygen atoms in total. The Morgan fingerprint density at radius 2 is 2.00 bits per heavy atom. The van der Waals surface area contributed by atoms with Crippen LogP contribution in [0.3, 0.4) is 0 Å². The van der Waals surface area contributed by atoms with Crippen molar-refractivity contribution in [1.29, 1.82) is 0 Å². The van der Waals surface area contributed by atoms with Gasteiger partial charge in [-0.1, -0.05) is 6.92 Å². The third-order valence-electron chi connectivity index (χ3n) is 4.11. The molecule has 0 aromatic carbocycles. The fraction of sp³-hybridized carbons (Fsp3) is 1.00. The number of rotatable bonds is 4. The highest BCUT2D eigenvalue weighted by Crippen LogP contribution is 2.23. The van der Waals surface area contributed by atoms with Crippen molar-refractivity contribution in [2.45, 2.75) is 45.3 Å². The minimum absolute atomic E-state index is 0.478. The van der Waals surface area contributed by atoms with Crippen molar-refractivity contribution >= 4 is 0 Å². The molecule has 2 saturated heterocycles. The van der Waals surface area contributed by atoms with E-state index in [-0.39, 0.29) is 0 Å². The molecule has 0 aromatic heterocycles. The average molecular weight is 226 g/mol. The molecule has 0 saturated carbocycles. The molecule has 0 aromatic rings. The molecule has 0 amide bonds. The van der Waals surface area contributed by atoms with Gasteiger partial charge in [0.2, 0.25) is 0 Å². The zero-order valence-electron chi connectivity index (χ0n) is 10.7. The van der Waals surface area contributed by atoms with E-state index in [9.17, 15) is 0 Å².